The van der Waals surface area contributed by atoms with Crippen LogP contribution in [0, 0.1) is 0 Å². The maximum Gasteiger partial charge on any atom is 0.173 e. The zero-order valence-corrected chi connectivity index (χ0v) is 11.8. The molecule has 1 aliphatic heterocycles. The Labute approximate surface area is 126 Å². The Morgan fingerprint density at radius 2 is 1.32 bits per heavy atom. The molecular weight excluding hydrogens is 306 g/mol. The molecule has 0 aromatic carbocycles. The summed E-state index contributed by atoms with van der Waals surface area (Å²) in [5.74, 6) is 0. The van der Waals surface area contributed by atoms with Gasteiger partial charge in [0.25, 0.3) is 0 Å². The van der Waals surface area contributed by atoms with Crippen molar-refractivity contribution in [3.8, 4) is 0 Å². The van der Waals surface area contributed by atoms with Crippen molar-refractivity contribution in [3.63, 3.8) is 0 Å². The van der Waals surface area contributed by atoms with Gasteiger partial charge in [-0.15, -0.1) is 0 Å². The van der Waals surface area contributed by atoms with Crippen molar-refractivity contribution in [1.82, 2.24) is 0 Å². The minimum atomic E-state index is -1.49. The largest absolute Gasteiger partial charge is 0.394 e. The van der Waals surface area contributed by atoms with Crippen LogP contribution in [0.3, 0.4) is 0 Å². The molecule has 1 rings (SSSR count). The van der Waals surface area contributed by atoms with E-state index in [0.717, 1.165) is 0 Å². The van der Waals surface area contributed by atoms with Crippen LogP contribution in [-0.2, 0) is 4.74 Å². The van der Waals surface area contributed by atoms with E-state index in [1.54, 1.807) is 0 Å². The molecule has 0 amide bonds. The number of ether oxygens (including phenoxy) is 1. The first-order valence-electron chi connectivity index (χ1n) is 6.53. The van der Waals surface area contributed by atoms with Crippen LogP contribution in [-0.4, -0.2) is 115 Å². The molecule has 0 unspecified atom stereocenters. The molecule has 0 bridgehead atoms. The summed E-state index contributed by atoms with van der Waals surface area (Å²) in [6.45, 7) is -1.75. The SMILES string of the molecule is N[C@@H]1[C@@H](O)[C@H](O)[C@@H](CO)O[C@H]1O.OC[C@@H](O)[C@@H](O)[C@@H](O)CO. The van der Waals surface area contributed by atoms with Gasteiger partial charge < -0.3 is 56.4 Å². The van der Waals surface area contributed by atoms with Crippen LogP contribution >= 0.6 is 0 Å². The van der Waals surface area contributed by atoms with E-state index in [1.807, 2.05) is 0 Å². The molecule has 1 fully saturated rings. The Balaban J connectivity index is 0.000000409. The number of nitrogens with two attached hydrogens (primary N) is 1. The summed E-state index contributed by atoms with van der Waals surface area (Å²) in [7, 11) is 0. The molecule has 11 nitrogen and oxygen atoms in total. The Morgan fingerprint density at radius 1 is 0.864 bits per heavy atom. The highest BCUT2D eigenvalue weighted by molar-refractivity contribution is 4.90. The third-order valence-electron chi connectivity index (χ3n) is 3.11. The lowest BCUT2D eigenvalue weighted by molar-refractivity contribution is -0.248. The molecule has 8 atom stereocenters. The second-order valence-corrected chi connectivity index (χ2v) is 4.80. The van der Waals surface area contributed by atoms with E-state index in [2.05, 4.69) is 0 Å². The predicted octanol–water partition coefficient (Wildman–Crippen LogP) is -6.20. The number of hydrogen-bond donors (Lipinski definition) is 10. The van der Waals surface area contributed by atoms with E-state index < -0.39 is 68.8 Å². The van der Waals surface area contributed by atoms with Crippen molar-refractivity contribution in [2.24, 2.45) is 5.73 Å². The van der Waals surface area contributed by atoms with Crippen molar-refractivity contribution in [2.75, 3.05) is 19.8 Å². The average Bonchev–Trinajstić information content (AvgIpc) is 2.54. The molecule has 0 saturated carbocycles. The van der Waals surface area contributed by atoms with Gasteiger partial charge in [-0.25, -0.2) is 0 Å². The average molecular weight is 331 g/mol. The molecule has 11 heteroatoms. The third-order valence-corrected chi connectivity index (χ3v) is 3.11. The number of hydrogen-bond acceptors (Lipinski definition) is 11. The van der Waals surface area contributed by atoms with Gasteiger partial charge in [0.1, 0.15) is 36.6 Å². The van der Waals surface area contributed by atoms with Gasteiger partial charge in [-0.3, -0.25) is 0 Å². The number of aliphatic hydroxyl groups is 9. The molecule has 0 aliphatic carbocycles. The lowest BCUT2D eigenvalue weighted by atomic mass is 9.98. The van der Waals surface area contributed by atoms with Crippen molar-refractivity contribution in [3.05, 3.63) is 0 Å². The van der Waals surface area contributed by atoms with Crippen molar-refractivity contribution >= 4 is 0 Å². The number of aliphatic hydroxyl groups excluding tert-OH is 9. The van der Waals surface area contributed by atoms with Gasteiger partial charge in [-0.1, -0.05) is 0 Å². The van der Waals surface area contributed by atoms with E-state index in [-0.39, 0.29) is 0 Å². The fourth-order valence-corrected chi connectivity index (χ4v) is 1.59. The number of rotatable bonds is 5. The van der Waals surface area contributed by atoms with Gasteiger partial charge in [-0.05, 0) is 0 Å². The normalized spacial score (nSPS) is 36.0. The summed E-state index contributed by atoms with van der Waals surface area (Å²) < 4.78 is 4.70. The predicted molar refractivity (Wildman–Crippen MR) is 70.1 cm³/mol. The molecular formula is C11H25NO10. The van der Waals surface area contributed by atoms with E-state index in [4.69, 9.17) is 46.2 Å². The first-order valence-corrected chi connectivity index (χ1v) is 6.53. The first-order chi connectivity index (χ1) is 10.2. The highest BCUT2D eigenvalue weighted by Crippen LogP contribution is 2.17. The third kappa shape index (κ3) is 5.98. The topological polar surface area (TPSA) is 217 Å². The van der Waals surface area contributed by atoms with Crippen LogP contribution in [0.5, 0.6) is 0 Å². The molecule has 1 heterocycles. The molecule has 0 spiro atoms. The molecule has 0 aromatic rings. The summed E-state index contributed by atoms with van der Waals surface area (Å²) in [5, 5.41) is 78.6. The minimum absolute atomic E-state index is 0.470. The van der Waals surface area contributed by atoms with Gasteiger partial charge in [-0.2, -0.15) is 0 Å². The lowest BCUT2D eigenvalue weighted by Crippen LogP contribution is -2.61. The zero-order valence-electron chi connectivity index (χ0n) is 11.8. The highest BCUT2D eigenvalue weighted by atomic mass is 16.6. The van der Waals surface area contributed by atoms with Crippen LogP contribution in [0.2, 0.25) is 0 Å². The van der Waals surface area contributed by atoms with E-state index in [0.29, 0.717) is 0 Å². The van der Waals surface area contributed by atoms with Gasteiger partial charge in [0.15, 0.2) is 6.29 Å². The lowest BCUT2D eigenvalue weighted by Gasteiger charge is -2.38. The first kappa shape index (κ1) is 21.6. The molecule has 11 N–H and O–H groups in total. The quantitative estimate of drug-likeness (QED) is 0.228. The van der Waals surface area contributed by atoms with Gasteiger partial charge in [0, 0.05) is 0 Å². The molecule has 134 valence electrons. The zero-order chi connectivity index (χ0) is 17.4. The fourth-order valence-electron chi connectivity index (χ4n) is 1.59. The molecule has 22 heavy (non-hydrogen) atoms. The highest BCUT2D eigenvalue weighted by Gasteiger charge is 2.41. The summed E-state index contributed by atoms with van der Waals surface area (Å²) in [6.07, 6.45) is -9.14. The fraction of sp³-hybridized carbons (Fsp3) is 1.00. The van der Waals surface area contributed by atoms with Gasteiger partial charge in [0.2, 0.25) is 0 Å². The van der Waals surface area contributed by atoms with Crippen LogP contribution in [0.15, 0.2) is 0 Å². The summed E-state index contributed by atoms with van der Waals surface area (Å²) >= 11 is 0. The molecule has 0 aromatic heterocycles. The maximum absolute atomic E-state index is 9.20. The van der Waals surface area contributed by atoms with Crippen LogP contribution < -0.4 is 5.73 Å². The molecule has 1 saturated heterocycles. The monoisotopic (exact) mass is 331 g/mol. The van der Waals surface area contributed by atoms with Gasteiger partial charge >= 0.3 is 0 Å². The maximum atomic E-state index is 9.20. The second kappa shape index (κ2) is 10.4. The van der Waals surface area contributed by atoms with Gasteiger partial charge in [0.05, 0.1) is 25.9 Å². The van der Waals surface area contributed by atoms with E-state index in [1.165, 1.54) is 0 Å². The molecule has 0 radical (unpaired) electrons. The van der Waals surface area contributed by atoms with E-state index >= 15 is 0 Å². The van der Waals surface area contributed by atoms with Crippen LogP contribution in [0.4, 0.5) is 0 Å². The summed E-state index contributed by atoms with van der Waals surface area (Å²) in [5.41, 5.74) is 5.26. The van der Waals surface area contributed by atoms with Crippen molar-refractivity contribution in [1.29, 1.82) is 0 Å². The van der Waals surface area contributed by atoms with Crippen molar-refractivity contribution < 1.29 is 50.7 Å². The van der Waals surface area contributed by atoms with Crippen molar-refractivity contribution in [2.45, 2.75) is 49.0 Å². The Kier molecular flexibility index (Phi) is 10.1. The molecule has 1 aliphatic rings. The Morgan fingerprint density at radius 3 is 1.68 bits per heavy atom. The van der Waals surface area contributed by atoms with Crippen LogP contribution in [0.25, 0.3) is 0 Å². The smallest absolute Gasteiger partial charge is 0.173 e. The Bertz CT molecular complexity index is 281. The summed E-state index contributed by atoms with van der Waals surface area (Å²) in [6, 6.07) is -1.04. The van der Waals surface area contributed by atoms with Crippen LogP contribution in [0.1, 0.15) is 0 Å². The summed E-state index contributed by atoms with van der Waals surface area (Å²) in [4.78, 5) is 0. The van der Waals surface area contributed by atoms with E-state index in [9.17, 15) is 10.2 Å². The second-order valence-electron chi connectivity index (χ2n) is 4.80. The Hall–Kier alpha value is -0.440. The minimum Gasteiger partial charge on any atom is -0.394 e. The standard InChI is InChI=1S/C6H13NO5.C5H12O5/c7-3-5(10)4(9)2(1-8)12-6(3)11;6-1-3(8)5(10)4(9)2-7/h2-6,8-11H,1,7H2;3-10H,1-2H2/t2-,3-,4-,5-,6-;3-,4+,5-/m1./s1.